The fourth-order valence-electron chi connectivity index (χ4n) is 7.38. The number of amides is 4. The van der Waals surface area contributed by atoms with Gasteiger partial charge in [0.15, 0.2) is 0 Å². The maximum absolute atomic E-state index is 14.2. The van der Waals surface area contributed by atoms with E-state index in [1.54, 1.807) is 0 Å². The molecule has 0 aromatic heterocycles. The SMILES string of the molecule is CCCCCCNC(=O)C1CCCN1C(=O)[C@@H]1CCCN1C[C@H](C(C)C)N(C)C(=O)[C@@H](NC(=O)[C@H]1CCCCN1C)C(C)(C)C. The Morgan fingerprint density at radius 1 is 0.844 bits per heavy atom. The fraction of sp³-hybridized carbons (Fsp3) is 0.886. The van der Waals surface area contributed by atoms with Gasteiger partial charge in [-0.05, 0) is 76.4 Å². The number of likely N-dealkylation sites (N-methyl/N-ethyl adjacent to an activating group) is 2. The molecule has 3 aliphatic heterocycles. The number of carbonyl (C=O) groups excluding carboxylic acids is 4. The molecule has 5 atom stereocenters. The molecule has 3 heterocycles. The zero-order valence-electron chi connectivity index (χ0n) is 29.7. The maximum Gasteiger partial charge on any atom is 0.245 e. The Hall–Kier alpha value is -2.20. The number of hydrogen-bond donors (Lipinski definition) is 2. The zero-order valence-corrected chi connectivity index (χ0v) is 29.7. The molecule has 0 aromatic rings. The molecule has 10 heteroatoms. The standard InChI is InChI=1S/C35H64N6O4/c1-9-10-11-13-20-36-31(42)27-18-16-23-41(27)33(44)28-19-15-22-40(28)24-29(25(2)3)39(8)34(45)30(35(4,5)6)37-32(43)26-17-12-14-21-38(26)7/h25-30H,9-24H2,1-8H3,(H,36,42)(H,37,43)/t26-,27?,28+,29-,30-/m1/s1. The van der Waals surface area contributed by atoms with Crippen LogP contribution in [0.4, 0.5) is 0 Å². The lowest BCUT2D eigenvalue weighted by atomic mass is 9.84. The maximum atomic E-state index is 14.2. The van der Waals surface area contributed by atoms with Crippen molar-refractivity contribution >= 4 is 23.6 Å². The third-order valence-corrected chi connectivity index (χ3v) is 10.3. The van der Waals surface area contributed by atoms with E-state index in [-0.39, 0.29) is 47.7 Å². The molecule has 0 aromatic carbocycles. The van der Waals surface area contributed by atoms with Crippen LogP contribution in [0.5, 0.6) is 0 Å². The van der Waals surface area contributed by atoms with Crippen molar-refractivity contribution < 1.29 is 19.2 Å². The Morgan fingerprint density at radius 2 is 1.51 bits per heavy atom. The van der Waals surface area contributed by atoms with Crippen molar-refractivity contribution in [2.45, 2.75) is 142 Å². The lowest BCUT2D eigenvalue weighted by Crippen LogP contribution is -2.61. The molecule has 258 valence electrons. The Bertz CT molecular complexity index is 997. The Kier molecular flexibility index (Phi) is 14.2. The van der Waals surface area contributed by atoms with Gasteiger partial charge in [-0.15, -0.1) is 0 Å². The molecule has 4 amide bonds. The van der Waals surface area contributed by atoms with E-state index < -0.39 is 17.5 Å². The first-order chi connectivity index (χ1) is 21.3. The predicted octanol–water partition coefficient (Wildman–Crippen LogP) is 3.64. The van der Waals surface area contributed by atoms with Gasteiger partial charge in [0.1, 0.15) is 12.1 Å². The highest BCUT2D eigenvalue weighted by atomic mass is 16.2. The number of nitrogens with zero attached hydrogens (tertiary/aromatic N) is 4. The second-order valence-electron chi connectivity index (χ2n) is 15.3. The summed E-state index contributed by atoms with van der Waals surface area (Å²) in [7, 11) is 3.83. The minimum atomic E-state index is -0.659. The summed E-state index contributed by atoms with van der Waals surface area (Å²) in [6.07, 6.45) is 10.5. The van der Waals surface area contributed by atoms with Crippen molar-refractivity contribution in [3.8, 4) is 0 Å². The number of nitrogens with one attached hydrogen (secondary N) is 2. The van der Waals surface area contributed by atoms with Crippen molar-refractivity contribution in [1.29, 1.82) is 0 Å². The number of unbranched alkanes of at least 4 members (excludes halogenated alkanes) is 3. The predicted molar refractivity (Wildman–Crippen MR) is 180 cm³/mol. The molecule has 0 aliphatic carbocycles. The summed E-state index contributed by atoms with van der Waals surface area (Å²) in [5.41, 5.74) is -0.469. The smallest absolute Gasteiger partial charge is 0.245 e. The van der Waals surface area contributed by atoms with Crippen molar-refractivity contribution in [3.05, 3.63) is 0 Å². The molecule has 3 fully saturated rings. The molecule has 3 rings (SSSR count). The van der Waals surface area contributed by atoms with Gasteiger partial charge in [-0.25, -0.2) is 0 Å². The van der Waals surface area contributed by atoms with E-state index >= 15 is 0 Å². The van der Waals surface area contributed by atoms with Crippen LogP contribution in [0.1, 0.15) is 112 Å². The molecule has 2 N–H and O–H groups in total. The van der Waals surface area contributed by atoms with Crippen LogP contribution in [0.25, 0.3) is 0 Å². The van der Waals surface area contributed by atoms with Gasteiger partial charge in [-0.1, -0.05) is 67.2 Å². The summed E-state index contributed by atoms with van der Waals surface area (Å²) in [5, 5.41) is 6.23. The van der Waals surface area contributed by atoms with Crippen LogP contribution >= 0.6 is 0 Å². The van der Waals surface area contributed by atoms with E-state index in [1.807, 2.05) is 44.7 Å². The summed E-state index contributed by atoms with van der Waals surface area (Å²) in [5.74, 6) is 0.000727. The van der Waals surface area contributed by atoms with Crippen LogP contribution in [0, 0.1) is 11.3 Å². The lowest BCUT2D eigenvalue weighted by molar-refractivity contribution is -0.144. The number of likely N-dealkylation sites (tertiary alicyclic amines) is 3. The summed E-state index contributed by atoms with van der Waals surface area (Å²) in [6.45, 7) is 15.9. The number of hydrogen-bond acceptors (Lipinski definition) is 6. The molecule has 0 saturated carbocycles. The largest absolute Gasteiger partial charge is 0.354 e. The van der Waals surface area contributed by atoms with Crippen molar-refractivity contribution in [1.82, 2.24) is 30.2 Å². The topological polar surface area (TPSA) is 105 Å². The Balaban J connectivity index is 1.68. The average Bonchev–Trinajstić information content (AvgIpc) is 3.67. The highest BCUT2D eigenvalue weighted by Gasteiger charge is 2.43. The third kappa shape index (κ3) is 9.90. The first-order valence-electron chi connectivity index (χ1n) is 17.9. The van der Waals surface area contributed by atoms with Crippen molar-refractivity contribution in [3.63, 3.8) is 0 Å². The normalized spacial score (nSPS) is 24.5. The molecule has 10 nitrogen and oxygen atoms in total. The molecule has 45 heavy (non-hydrogen) atoms. The van der Waals surface area contributed by atoms with Gasteiger partial charge in [-0.3, -0.25) is 29.0 Å². The highest BCUT2D eigenvalue weighted by molar-refractivity contribution is 5.91. The molecule has 0 bridgehead atoms. The number of rotatable bonds is 14. The first kappa shape index (κ1) is 37.3. The van der Waals surface area contributed by atoms with Gasteiger partial charge in [0.05, 0.1) is 12.1 Å². The van der Waals surface area contributed by atoms with Crippen molar-refractivity contribution in [2.24, 2.45) is 11.3 Å². The van der Waals surface area contributed by atoms with Crippen LogP contribution in [0.3, 0.4) is 0 Å². The van der Waals surface area contributed by atoms with E-state index in [0.717, 1.165) is 70.9 Å². The van der Waals surface area contributed by atoms with Crippen LogP contribution in [-0.2, 0) is 19.2 Å². The summed E-state index contributed by atoms with van der Waals surface area (Å²) in [6, 6.07) is -1.68. The third-order valence-electron chi connectivity index (χ3n) is 10.3. The van der Waals surface area contributed by atoms with E-state index in [0.29, 0.717) is 26.1 Å². The number of piperidine rings is 1. The van der Waals surface area contributed by atoms with Gasteiger partial charge >= 0.3 is 0 Å². The molecule has 3 aliphatic rings. The van der Waals surface area contributed by atoms with Crippen molar-refractivity contribution in [2.75, 3.05) is 46.8 Å². The van der Waals surface area contributed by atoms with E-state index in [9.17, 15) is 19.2 Å². The molecular formula is C35H64N6O4. The van der Waals surface area contributed by atoms with Gasteiger partial charge < -0.3 is 20.4 Å². The lowest BCUT2D eigenvalue weighted by Gasteiger charge is -2.41. The van der Waals surface area contributed by atoms with Crippen LogP contribution in [-0.4, -0.2) is 120 Å². The Labute approximate surface area is 273 Å². The van der Waals surface area contributed by atoms with E-state index in [2.05, 4.69) is 41.2 Å². The fourth-order valence-corrected chi connectivity index (χ4v) is 7.38. The van der Waals surface area contributed by atoms with Crippen LogP contribution < -0.4 is 10.6 Å². The monoisotopic (exact) mass is 632 g/mol. The highest BCUT2D eigenvalue weighted by Crippen LogP contribution is 2.28. The molecule has 0 radical (unpaired) electrons. The van der Waals surface area contributed by atoms with E-state index in [1.165, 1.54) is 6.42 Å². The Morgan fingerprint density at radius 3 is 2.16 bits per heavy atom. The molecule has 1 unspecified atom stereocenters. The minimum Gasteiger partial charge on any atom is -0.354 e. The quantitative estimate of drug-likeness (QED) is 0.284. The second-order valence-corrected chi connectivity index (χ2v) is 15.3. The van der Waals surface area contributed by atoms with Gasteiger partial charge in [0.2, 0.25) is 23.6 Å². The van der Waals surface area contributed by atoms with Gasteiger partial charge in [0.25, 0.3) is 0 Å². The van der Waals surface area contributed by atoms with Crippen LogP contribution in [0.15, 0.2) is 0 Å². The van der Waals surface area contributed by atoms with Crippen LogP contribution in [0.2, 0.25) is 0 Å². The summed E-state index contributed by atoms with van der Waals surface area (Å²) < 4.78 is 0. The molecular weight excluding hydrogens is 568 g/mol. The van der Waals surface area contributed by atoms with Gasteiger partial charge in [-0.2, -0.15) is 0 Å². The van der Waals surface area contributed by atoms with Gasteiger partial charge in [0, 0.05) is 32.7 Å². The van der Waals surface area contributed by atoms with E-state index in [4.69, 9.17) is 0 Å². The zero-order chi connectivity index (χ0) is 33.3. The number of carbonyl (C=O) groups is 4. The molecule has 0 spiro atoms. The minimum absolute atomic E-state index is 0.0260. The average molecular weight is 633 g/mol. The second kappa shape index (κ2) is 17.1. The molecule has 3 saturated heterocycles. The summed E-state index contributed by atoms with van der Waals surface area (Å²) >= 11 is 0. The summed E-state index contributed by atoms with van der Waals surface area (Å²) in [4.78, 5) is 62.5. The first-order valence-corrected chi connectivity index (χ1v) is 17.9.